The van der Waals surface area contributed by atoms with Crippen LogP contribution in [0.1, 0.15) is 40.8 Å². The highest BCUT2D eigenvalue weighted by Crippen LogP contribution is 2.38. The summed E-state index contributed by atoms with van der Waals surface area (Å²) >= 11 is 1.32. The molecule has 5 aromatic rings. The summed E-state index contributed by atoms with van der Waals surface area (Å²) in [5.41, 5.74) is 5.51. The van der Waals surface area contributed by atoms with Gasteiger partial charge in [-0.3, -0.25) is 0 Å². The number of esters is 1. The summed E-state index contributed by atoms with van der Waals surface area (Å²) in [6.45, 7) is 4.42. The third-order valence-electron chi connectivity index (χ3n) is 7.28. The molecule has 0 aliphatic carbocycles. The van der Waals surface area contributed by atoms with E-state index in [0.29, 0.717) is 46.0 Å². The highest BCUT2D eigenvalue weighted by Gasteiger charge is 2.35. The number of rotatable bonds is 10. The van der Waals surface area contributed by atoms with Crippen molar-refractivity contribution < 1.29 is 18.7 Å². The molecule has 0 saturated carbocycles. The lowest BCUT2D eigenvalue weighted by Crippen LogP contribution is -2.29. The number of ether oxygens (including phenoxy) is 2. The zero-order valence-corrected chi connectivity index (χ0v) is 25.2. The van der Waals surface area contributed by atoms with Gasteiger partial charge in [-0.25, -0.2) is 13.9 Å². The van der Waals surface area contributed by atoms with Gasteiger partial charge in [-0.2, -0.15) is 4.98 Å². The molecule has 0 amide bonds. The number of aromatic nitrogens is 3. The van der Waals surface area contributed by atoms with Gasteiger partial charge in [0, 0.05) is 11.4 Å². The van der Waals surface area contributed by atoms with E-state index in [1.807, 2.05) is 80.6 Å². The van der Waals surface area contributed by atoms with E-state index in [1.165, 1.54) is 23.4 Å². The van der Waals surface area contributed by atoms with Crippen LogP contribution in [0.4, 0.5) is 10.3 Å². The molecular weight excluding hydrogens is 575 g/mol. The molecule has 0 fully saturated rings. The molecule has 44 heavy (non-hydrogen) atoms. The predicted molar refractivity (Wildman–Crippen MR) is 169 cm³/mol. The topological polar surface area (TPSA) is 78.3 Å². The first-order valence-electron chi connectivity index (χ1n) is 14.2. The van der Waals surface area contributed by atoms with Crippen molar-refractivity contribution in [2.24, 2.45) is 0 Å². The number of hydrogen-bond acceptors (Lipinski definition) is 7. The van der Waals surface area contributed by atoms with Crippen molar-refractivity contribution in [3.8, 4) is 5.75 Å². The van der Waals surface area contributed by atoms with Crippen LogP contribution in [0.2, 0.25) is 0 Å². The summed E-state index contributed by atoms with van der Waals surface area (Å²) in [5.74, 6) is 0.766. The maximum Gasteiger partial charge on any atom is 0.338 e. The average Bonchev–Trinajstić information content (AvgIpc) is 3.45. The van der Waals surface area contributed by atoms with Crippen LogP contribution in [-0.4, -0.2) is 20.7 Å². The molecule has 0 spiro atoms. The van der Waals surface area contributed by atoms with Crippen LogP contribution in [0.5, 0.6) is 5.75 Å². The largest absolute Gasteiger partial charge is 0.489 e. The molecule has 1 aliphatic rings. The second-order valence-corrected chi connectivity index (χ2v) is 11.5. The zero-order chi connectivity index (χ0) is 30.5. The van der Waals surface area contributed by atoms with E-state index in [4.69, 9.17) is 14.6 Å². The van der Waals surface area contributed by atoms with Crippen LogP contribution < -0.4 is 10.1 Å². The number of fused-ring (bicyclic) bond motifs is 1. The van der Waals surface area contributed by atoms with Crippen molar-refractivity contribution in [3.63, 3.8) is 0 Å². The molecule has 6 rings (SSSR count). The van der Waals surface area contributed by atoms with E-state index in [-0.39, 0.29) is 12.4 Å². The monoisotopic (exact) mass is 606 g/mol. The van der Waals surface area contributed by atoms with Crippen molar-refractivity contribution in [2.45, 2.75) is 44.0 Å². The van der Waals surface area contributed by atoms with Gasteiger partial charge in [0.2, 0.25) is 11.1 Å². The number of anilines is 1. The van der Waals surface area contributed by atoms with Gasteiger partial charge in [0.15, 0.2) is 0 Å². The average molecular weight is 607 g/mol. The van der Waals surface area contributed by atoms with E-state index in [2.05, 4.69) is 22.4 Å². The van der Waals surface area contributed by atoms with Gasteiger partial charge < -0.3 is 14.8 Å². The third kappa shape index (κ3) is 6.68. The minimum atomic E-state index is -0.632. The van der Waals surface area contributed by atoms with Gasteiger partial charge in [-0.15, -0.1) is 5.10 Å². The molecule has 222 valence electrons. The molecule has 1 aliphatic heterocycles. The Bertz CT molecular complexity index is 1800. The summed E-state index contributed by atoms with van der Waals surface area (Å²) in [5, 5.41) is 8.46. The molecule has 1 aromatic heterocycles. The Kier molecular flexibility index (Phi) is 8.74. The number of allylic oxidation sites excluding steroid dienone is 1. The molecule has 0 bridgehead atoms. The number of aryl methyl sites for hydroxylation is 1. The Morgan fingerprint density at radius 2 is 1.66 bits per heavy atom. The van der Waals surface area contributed by atoms with Gasteiger partial charge in [-0.1, -0.05) is 102 Å². The Hall–Kier alpha value is -4.89. The summed E-state index contributed by atoms with van der Waals surface area (Å²) in [6, 6.07) is 31.4. The van der Waals surface area contributed by atoms with E-state index in [1.54, 1.807) is 22.9 Å². The molecule has 0 radical (unpaired) electrons. The van der Waals surface area contributed by atoms with E-state index in [9.17, 15) is 9.18 Å². The summed E-state index contributed by atoms with van der Waals surface area (Å²) in [7, 11) is 0. The fourth-order valence-corrected chi connectivity index (χ4v) is 5.76. The van der Waals surface area contributed by atoms with E-state index >= 15 is 0 Å². The van der Waals surface area contributed by atoms with E-state index < -0.39 is 12.0 Å². The Labute approximate surface area is 259 Å². The number of halogens is 1. The quantitative estimate of drug-likeness (QED) is 0.129. The lowest BCUT2D eigenvalue weighted by molar-refractivity contribution is -0.140. The molecule has 1 atom stereocenters. The third-order valence-corrected chi connectivity index (χ3v) is 8.17. The van der Waals surface area contributed by atoms with Gasteiger partial charge in [0.05, 0.1) is 5.57 Å². The zero-order valence-electron chi connectivity index (χ0n) is 24.4. The molecular formula is C35H31FN4O3S. The number of benzene rings is 4. The number of carbonyl (C=O) groups is 1. The number of carbonyl (C=O) groups excluding carboxylic acids is 1. The smallest absolute Gasteiger partial charge is 0.338 e. The molecule has 1 N–H and O–H groups in total. The molecule has 1 unspecified atom stereocenters. The van der Waals surface area contributed by atoms with E-state index in [0.717, 1.165) is 16.7 Å². The van der Waals surface area contributed by atoms with Crippen LogP contribution >= 0.6 is 11.8 Å². The van der Waals surface area contributed by atoms with Crippen molar-refractivity contribution >= 4 is 23.7 Å². The molecule has 4 aromatic carbocycles. The highest BCUT2D eigenvalue weighted by atomic mass is 32.2. The van der Waals surface area contributed by atoms with Gasteiger partial charge >= 0.3 is 5.97 Å². The Morgan fingerprint density at radius 1 is 0.909 bits per heavy atom. The van der Waals surface area contributed by atoms with Crippen molar-refractivity contribution in [3.05, 3.63) is 148 Å². The van der Waals surface area contributed by atoms with Gasteiger partial charge in [0.25, 0.3) is 0 Å². The summed E-state index contributed by atoms with van der Waals surface area (Å²) in [6.07, 6.45) is 0. The lowest BCUT2D eigenvalue weighted by atomic mass is 9.95. The SMILES string of the molecule is CC1=C(C(=O)OCc2ccccc2)C(c2cccc(OCc3ccc(C)cc3)c2)n2nc(SCc3ccccc3F)nc2N1. The van der Waals surface area contributed by atoms with Crippen molar-refractivity contribution in [2.75, 3.05) is 5.32 Å². The number of hydrogen-bond donors (Lipinski definition) is 1. The summed E-state index contributed by atoms with van der Waals surface area (Å²) in [4.78, 5) is 18.4. The fourth-order valence-electron chi connectivity index (χ4n) is 4.95. The number of thioether (sulfide) groups is 1. The fraction of sp³-hybridized carbons (Fsp3) is 0.171. The van der Waals surface area contributed by atoms with Crippen LogP contribution in [0.15, 0.2) is 120 Å². The predicted octanol–water partition coefficient (Wildman–Crippen LogP) is 7.63. The molecule has 2 heterocycles. The standard InChI is InChI=1S/C35H31FN4O3S/c1-23-15-17-26(18-16-23)20-42-29-13-8-12-27(19-29)32-31(33(41)43-21-25-9-4-3-5-10-25)24(2)37-34-38-35(39-40(32)34)44-22-28-11-6-7-14-30(28)36/h3-19,32H,20-22H2,1-2H3,(H,37,38,39). The van der Waals surface area contributed by atoms with Crippen LogP contribution in [0.3, 0.4) is 0 Å². The van der Waals surface area contributed by atoms with Gasteiger partial charge in [0.1, 0.15) is 30.8 Å². The molecule has 0 saturated heterocycles. The Morgan fingerprint density at radius 3 is 2.45 bits per heavy atom. The first-order valence-corrected chi connectivity index (χ1v) is 15.2. The van der Waals surface area contributed by atoms with Gasteiger partial charge in [-0.05, 0) is 54.3 Å². The maximum absolute atomic E-state index is 14.3. The first-order chi connectivity index (χ1) is 21.4. The maximum atomic E-state index is 14.3. The molecule has 7 nitrogen and oxygen atoms in total. The highest BCUT2D eigenvalue weighted by molar-refractivity contribution is 7.98. The van der Waals surface area contributed by atoms with Crippen LogP contribution in [0, 0.1) is 12.7 Å². The normalized spacial score (nSPS) is 14.1. The van der Waals surface area contributed by atoms with Crippen LogP contribution in [-0.2, 0) is 28.5 Å². The first kappa shape index (κ1) is 29.2. The molecule has 9 heteroatoms. The minimum absolute atomic E-state index is 0.136. The Balaban J connectivity index is 1.30. The van der Waals surface area contributed by atoms with Crippen molar-refractivity contribution in [1.82, 2.24) is 14.8 Å². The second-order valence-electron chi connectivity index (χ2n) is 10.5. The van der Waals surface area contributed by atoms with Crippen molar-refractivity contribution in [1.29, 1.82) is 0 Å². The lowest BCUT2D eigenvalue weighted by Gasteiger charge is -2.28. The second kappa shape index (κ2) is 13.2. The summed E-state index contributed by atoms with van der Waals surface area (Å²) < 4.78 is 27.9. The number of nitrogens with one attached hydrogen (secondary N) is 1. The van der Waals surface area contributed by atoms with Crippen LogP contribution in [0.25, 0.3) is 0 Å². The number of nitrogens with zero attached hydrogens (tertiary/aromatic N) is 3. The minimum Gasteiger partial charge on any atom is -0.489 e.